The van der Waals surface area contributed by atoms with Crippen molar-refractivity contribution in [1.82, 2.24) is 0 Å². The molecule has 0 aliphatic carbocycles. The second-order valence-corrected chi connectivity index (χ2v) is 5.73. The summed E-state index contributed by atoms with van der Waals surface area (Å²) in [4.78, 5) is 33.2. The number of esters is 1. The molecule has 1 amide bonds. The first-order valence-electron chi connectivity index (χ1n) is 8.00. The predicted molar refractivity (Wildman–Crippen MR) is 103 cm³/mol. The van der Waals surface area contributed by atoms with E-state index in [1.165, 1.54) is 32.3 Å². The van der Waals surface area contributed by atoms with Gasteiger partial charge in [-0.05, 0) is 48.4 Å². The third-order valence-corrected chi connectivity index (χ3v) is 3.65. The van der Waals surface area contributed by atoms with E-state index in [2.05, 4.69) is 15.4 Å². The van der Waals surface area contributed by atoms with E-state index in [-0.39, 0.29) is 11.6 Å². The number of nitro groups is 1. The largest absolute Gasteiger partial charge is 0.466 e. The van der Waals surface area contributed by atoms with Crippen molar-refractivity contribution >= 4 is 40.7 Å². The number of amides is 1. The first-order valence-corrected chi connectivity index (χ1v) is 8.00. The summed E-state index contributed by atoms with van der Waals surface area (Å²) in [7, 11) is 1.25. The molecule has 0 fully saturated rings. The molecular weight excluding hydrogens is 350 g/mol. The Hall–Kier alpha value is -3.68. The number of hydrogen-bond donors (Lipinski definition) is 2. The maximum Gasteiger partial charge on any atom is 0.330 e. The van der Waals surface area contributed by atoms with Crippen molar-refractivity contribution in [2.45, 2.75) is 13.8 Å². The van der Waals surface area contributed by atoms with Gasteiger partial charge in [0.05, 0.1) is 12.0 Å². The van der Waals surface area contributed by atoms with Crippen LogP contribution >= 0.6 is 0 Å². The SMILES string of the molecule is COC(=O)/C=C/c1ccc(Nc2ccc(NC(C)=O)c(C)c2)c([N+](=O)[O-])c1. The summed E-state index contributed by atoms with van der Waals surface area (Å²) in [5.74, 6) is -0.723. The maximum atomic E-state index is 11.4. The average molecular weight is 369 g/mol. The lowest BCUT2D eigenvalue weighted by atomic mass is 10.1. The van der Waals surface area contributed by atoms with Crippen LogP contribution in [0.3, 0.4) is 0 Å². The molecule has 0 aromatic heterocycles. The molecular formula is C19H19N3O5. The second-order valence-electron chi connectivity index (χ2n) is 5.73. The first-order chi connectivity index (χ1) is 12.8. The maximum absolute atomic E-state index is 11.4. The number of hydrogen-bond acceptors (Lipinski definition) is 6. The summed E-state index contributed by atoms with van der Waals surface area (Å²) in [5, 5.41) is 17.1. The molecule has 8 nitrogen and oxygen atoms in total. The lowest BCUT2D eigenvalue weighted by molar-refractivity contribution is -0.383. The van der Waals surface area contributed by atoms with Crippen molar-refractivity contribution in [2.24, 2.45) is 0 Å². The van der Waals surface area contributed by atoms with Gasteiger partial charge in [0.1, 0.15) is 5.69 Å². The number of methoxy groups -OCH3 is 1. The quantitative estimate of drug-likeness (QED) is 0.347. The van der Waals surface area contributed by atoms with Crippen molar-refractivity contribution in [3.05, 3.63) is 63.7 Å². The van der Waals surface area contributed by atoms with E-state index >= 15 is 0 Å². The number of benzene rings is 2. The summed E-state index contributed by atoms with van der Waals surface area (Å²) < 4.78 is 4.50. The van der Waals surface area contributed by atoms with Gasteiger partial charge in [0, 0.05) is 30.4 Å². The molecule has 0 heterocycles. The molecule has 0 unspecified atom stereocenters. The fourth-order valence-corrected chi connectivity index (χ4v) is 2.37. The number of rotatable bonds is 6. The minimum absolute atomic E-state index is 0.134. The van der Waals surface area contributed by atoms with E-state index < -0.39 is 10.9 Å². The zero-order valence-corrected chi connectivity index (χ0v) is 15.1. The van der Waals surface area contributed by atoms with Crippen LogP contribution < -0.4 is 10.6 Å². The lowest BCUT2D eigenvalue weighted by Crippen LogP contribution is -2.07. The molecule has 2 rings (SSSR count). The molecule has 2 aromatic rings. The molecule has 2 N–H and O–H groups in total. The fraction of sp³-hybridized carbons (Fsp3) is 0.158. The number of nitro benzene ring substituents is 1. The molecule has 0 spiro atoms. The molecule has 140 valence electrons. The zero-order valence-electron chi connectivity index (χ0n) is 15.1. The van der Waals surface area contributed by atoms with Crippen LogP contribution in [0.25, 0.3) is 6.08 Å². The van der Waals surface area contributed by atoms with Gasteiger partial charge in [-0.2, -0.15) is 0 Å². The van der Waals surface area contributed by atoms with Crippen LogP contribution in [0.4, 0.5) is 22.7 Å². The monoisotopic (exact) mass is 369 g/mol. The molecule has 0 saturated carbocycles. The lowest BCUT2D eigenvalue weighted by Gasteiger charge is -2.11. The molecule has 27 heavy (non-hydrogen) atoms. The normalized spacial score (nSPS) is 10.5. The molecule has 0 radical (unpaired) electrons. The van der Waals surface area contributed by atoms with Crippen LogP contribution in [-0.2, 0) is 14.3 Å². The number of anilines is 3. The number of aryl methyl sites for hydroxylation is 1. The summed E-state index contributed by atoms with van der Waals surface area (Å²) in [6, 6.07) is 9.78. The third kappa shape index (κ3) is 5.40. The number of ether oxygens (including phenoxy) is 1. The highest BCUT2D eigenvalue weighted by Crippen LogP contribution is 2.30. The van der Waals surface area contributed by atoms with Crippen LogP contribution in [0.1, 0.15) is 18.1 Å². The van der Waals surface area contributed by atoms with Gasteiger partial charge in [-0.15, -0.1) is 0 Å². The van der Waals surface area contributed by atoms with Gasteiger partial charge in [-0.3, -0.25) is 14.9 Å². The van der Waals surface area contributed by atoms with Gasteiger partial charge < -0.3 is 15.4 Å². The van der Waals surface area contributed by atoms with Crippen molar-refractivity contribution in [3.8, 4) is 0 Å². The molecule has 0 saturated heterocycles. The molecule has 2 aromatic carbocycles. The second kappa shape index (κ2) is 8.61. The highest BCUT2D eigenvalue weighted by Gasteiger charge is 2.15. The molecule has 0 atom stereocenters. The highest BCUT2D eigenvalue weighted by atomic mass is 16.6. The van der Waals surface area contributed by atoms with Crippen LogP contribution in [0.2, 0.25) is 0 Å². The van der Waals surface area contributed by atoms with Crippen molar-refractivity contribution in [3.63, 3.8) is 0 Å². The number of nitrogens with zero attached hydrogens (tertiary/aromatic N) is 1. The van der Waals surface area contributed by atoms with Gasteiger partial charge in [0.25, 0.3) is 5.69 Å². The Kier molecular flexibility index (Phi) is 6.27. The Morgan fingerprint density at radius 2 is 1.85 bits per heavy atom. The summed E-state index contributed by atoms with van der Waals surface area (Å²) in [6.07, 6.45) is 2.63. The van der Waals surface area contributed by atoms with E-state index in [1.807, 2.05) is 6.92 Å². The Morgan fingerprint density at radius 1 is 1.15 bits per heavy atom. The Labute approximate surface area is 156 Å². The van der Waals surface area contributed by atoms with Gasteiger partial charge >= 0.3 is 5.97 Å². The van der Waals surface area contributed by atoms with Gasteiger partial charge in [0.2, 0.25) is 5.91 Å². The van der Waals surface area contributed by atoms with E-state index in [0.717, 1.165) is 5.56 Å². The van der Waals surface area contributed by atoms with E-state index in [4.69, 9.17) is 0 Å². The fourth-order valence-electron chi connectivity index (χ4n) is 2.37. The summed E-state index contributed by atoms with van der Waals surface area (Å²) in [5.41, 5.74) is 2.80. The Balaban J connectivity index is 2.29. The number of carbonyl (C=O) groups is 2. The first kappa shape index (κ1) is 19.6. The van der Waals surface area contributed by atoms with Gasteiger partial charge in [0.15, 0.2) is 0 Å². The topological polar surface area (TPSA) is 111 Å². The van der Waals surface area contributed by atoms with Crippen molar-refractivity contribution in [2.75, 3.05) is 17.7 Å². The molecule has 8 heteroatoms. The molecule has 0 aliphatic rings. The minimum Gasteiger partial charge on any atom is -0.466 e. The highest BCUT2D eigenvalue weighted by molar-refractivity contribution is 5.90. The zero-order chi connectivity index (χ0) is 20.0. The number of nitrogens with one attached hydrogen (secondary N) is 2. The smallest absolute Gasteiger partial charge is 0.330 e. The van der Waals surface area contributed by atoms with E-state index in [0.29, 0.717) is 22.6 Å². The van der Waals surface area contributed by atoms with Crippen LogP contribution in [0.5, 0.6) is 0 Å². The molecule has 0 aliphatic heterocycles. The minimum atomic E-state index is -0.547. The van der Waals surface area contributed by atoms with Crippen molar-refractivity contribution < 1.29 is 19.2 Å². The third-order valence-electron chi connectivity index (χ3n) is 3.65. The summed E-state index contributed by atoms with van der Waals surface area (Å²) in [6.45, 7) is 3.25. The van der Waals surface area contributed by atoms with Crippen molar-refractivity contribution in [1.29, 1.82) is 0 Å². The molecule has 0 bridgehead atoms. The summed E-state index contributed by atoms with van der Waals surface area (Å²) >= 11 is 0. The van der Waals surface area contributed by atoms with Gasteiger partial charge in [-0.1, -0.05) is 6.07 Å². The van der Waals surface area contributed by atoms with E-state index in [9.17, 15) is 19.7 Å². The van der Waals surface area contributed by atoms with Crippen LogP contribution in [-0.4, -0.2) is 23.9 Å². The standard InChI is InChI=1S/C19H19N3O5/c1-12-10-15(6-8-16(12)20-13(2)23)21-17-7-4-14(5-9-19(24)27-3)11-18(17)22(25)26/h4-11,21H,1-3H3,(H,20,23)/b9-5+. The predicted octanol–water partition coefficient (Wildman–Crippen LogP) is 3.79. The van der Waals surface area contributed by atoms with Crippen LogP contribution in [0, 0.1) is 17.0 Å². The average Bonchev–Trinajstić information content (AvgIpc) is 2.62. The van der Waals surface area contributed by atoms with E-state index in [1.54, 1.807) is 30.3 Å². The number of carbonyl (C=O) groups excluding carboxylic acids is 2. The van der Waals surface area contributed by atoms with Gasteiger partial charge in [-0.25, -0.2) is 4.79 Å². The van der Waals surface area contributed by atoms with Crippen LogP contribution in [0.15, 0.2) is 42.5 Å². The Morgan fingerprint density at radius 3 is 2.44 bits per heavy atom. The Bertz CT molecular complexity index is 922.